The molecular formula is C18H19N3O4. The third kappa shape index (κ3) is 6.34. The van der Waals surface area contributed by atoms with Crippen LogP contribution in [0.15, 0.2) is 59.2 Å². The summed E-state index contributed by atoms with van der Waals surface area (Å²) in [5.41, 5.74) is 6.20. The van der Waals surface area contributed by atoms with Gasteiger partial charge in [-0.3, -0.25) is 14.4 Å². The van der Waals surface area contributed by atoms with Crippen LogP contribution in [0.25, 0.3) is 6.08 Å². The van der Waals surface area contributed by atoms with Crippen molar-refractivity contribution >= 4 is 23.8 Å². The molecule has 4 N–H and O–H groups in total. The summed E-state index contributed by atoms with van der Waals surface area (Å²) < 4.78 is 5.05. The van der Waals surface area contributed by atoms with Crippen LogP contribution in [0.2, 0.25) is 0 Å². The molecule has 0 bridgehead atoms. The molecule has 0 aliphatic rings. The Bertz CT molecular complexity index is 739. The smallest absolute Gasteiger partial charge is 0.244 e. The van der Waals surface area contributed by atoms with Crippen LogP contribution in [0.5, 0.6) is 0 Å². The zero-order chi connectivity index (χ0) is 18.1. The van der Waals surface area contributed by atoms with E-state index in [9.17, 15) is 14.4 Å². The van der Waals surface area contributed by atoms with Gasteiger partial charge in [-0.05, 0) is 23.8 Å². The van der Waals surface area contributed by atoms with Crippen molar-refractivity contribution in [1.82, 2.24) is 10.6 Å². The van der Waals surface area contributed by atoms with Gasteiger partial charge in [0.05, 0.1) is 12.8 Å². The predicted molar refractivity (Wildman–Crippen MR) is 92.0 cm³/mol. The second-order valence-electron chi connectivity index (χ2n) is 5.28. The number of rotatable bonds is 8. The summed E-state index contributed by atoms with van der Waals surface area (Å²) in [7, 11) is 0. The minimum Gasteiger partial charge on any atom is -0.465 e. The molecule has 0 spiro atoms. The average Bonchev–Trinajstić information content (AvgIpc) is 3.12. The second-order valence-corrected chi connectivity index (χ2v) is 5.28. The van der Waals surface area contributed by atoms with Crippen LogP contribution in [0, 0.1) is 0 Å². The Morgan fingerprint density at radius 2 is 1.88 bits per heavy atom. The number of hydrogen-bond donors (Lipinski definition) is 3. The summed E-state index contributed by atoms with van der Waals surface area (Å²) in [4.78, 5) is 35.1. The first-order valence-corrected chi connectivity index (χ1v) is 7.66. The number of furan rings is 1. The van der Waals surface area contributed by atoms with Crippen molar-refractivity contribution in [1.29, 1.82) is 0 Å². The monoisotopic (exact) mass is 341 g/mol. The molecule has 0 fully saturated rings. The molecule has 1 aromatic heterocycles. The van der Waals surface area contributed by atoms with Crippen LogP contribution in [-0.2, 0) is 20.8 Å². The van der Waals surface area contributed by atoms with E-state index < -0.39 is 23.8 Å². The van der Waals surface area contributed by atoms with E-state index in [0.29, 0.717) is 5.76 Å². The van der Waals surface area contributed by atoms with Crippen LogP contribution in [0.4, 0.5) is 0 Å². The van der Waals surface area contributed by atoms with Gasteiger partial charge in [0.2, 0.25) is 17.7 Å². The van der Waals surface area contributed by atoms with Gasteiger partial charge >= 0.3 is 0 Å². The van der Waals surface area contributed by atoms with Gasteiger partial charge in [0.1, 0.15) is 11.8 Å². The molecule has 130 valence electrons. The van der Waals surface area contributed by atoms with Crippen molar-refractivity contribution in [3.8, 4) is 0 Å². The third-order valence-electron chi connectivity index (χ3n) is 3.33. The highest BCUT2D eigenvalue weighted by molar-refractivity contribution is 5.95. The Hall–Kier alpha value is -3.35. The molecule has 0 radical (unpaired) electrons. The lowest BCUT2D eigenvalue weighted by molar-refractivity contribution is -0.127. The Morgan fingerprint density at radius 1 is 1.12 bits per heavy atom. The van der Waals surface area contributed by atoms with Crippen molar-refractivity contribution in [2.24, 2.45) is 5.73 Å². The Kier molecular flexibility index (Phi) is 6.53. The molecule has 0 saturated carbocycles. The van der Waals surface area contributed by atoms with E-state index in [0.717, 1.165) is 5.56 Å². The van der Waals surface area contributed by atoms with Gasteiger partial charge in [0.15, 0.2) is 0 Å². The van der Waals surface area contributed by atoms with Crippen molar-refractivity contribution in [2.75, 3.05) is 6.54 Å². The molecule has 25 heavy (non-hydrogen) atoms. The molecule has 2 aromatic rings. The molecule has 1 aromatic carbocycles. The van der Waals surface area contributed by atoms with Gasteiger partial charge in [0, 0.05) is 12.5 Å². The van der Waals surface area contributed by atoms with Gasteiger partial charge in [-0.15, -0.1) is 0 Å². The van der Waals surface area contributed by atoms with Crippen molar-refractivity contribution in [2.45, 2.75) is 12.5 Å². The first-order chi connectivity index (χ1) is 12.0. The Balaban J connectivity index is 1.80. The predicted octanol–water partition coefficient (Wildman–Crippen LogP) is 0.622. The number of amides is 3. The highest BCUT2D eigenvalue weighted by Crippen LogP contribution is 2.03. The third-order valence-corrected chi connectivity index (χ3v) is 3.33. The SMILES string of the molecule is NC(=O)C(Cc1ccccc1)NC(=O)CNC(=O)C=Cc1ccco1. The van der Waals surface area contributed by atoms with Gasteiger partial charge in [0.25, 0.3) is 0 Å². The molecule has 1 heterocycles. The lowest BCUT2D eigenvalue weighted by atomic mass is 10.1. The minimum absolute atomic E-state index is 0.264. The summed E-state index contributed by atoms with van der Waals surface area (Å²) in [5.74, 6) is -1.07. The first kappa shape index (κ1) is 18.0. The second kappa shape index (κ2) is 9.07. The summed E-state index contributed by atoms with van der Waals surface area (Å²) in [6, 6.07) is 11.7. The quantitative estimate of drug-likeness (QED) is 0.611. The lowest BCUT2D eigenvalue weighted by Gasteiger charge is -2.15. The highest BCUT2D eigenvalue weighted by Gasteiger charge is 2.18. The average molecular weight is 341 g/mol. The van der Waals surface area contributed by atoms with E-state index >= 15 is 0 Å². The van der Waals surface area contributed by atoms with E-state index in [1.807, 2.05) is 30.3 Å². The van der Waals surface area contributed by atoms with Gasteiger partial charge in [-0.1, -0.05) is 30.3 Å². The molecule has 0 aliphatic carbocycles. The van der Waals surface area contributed by atoms with E-state index in [2.05, 4.69) is 10.6 Å². The van der Waals surface area contributed by atoms with E-state index in [-0.39, 0.29) is 13.0 Å². The summed E-state index contributed by atoms with van der Waals surface area (Å²) >= 11 is 0. The Labute approximate surface area is 144 Å². The number of nitrogens with two attached hydrogens (primary N) is 1. The lowest BCUT2D eigenvalue weighted by Crippen LogP contribution is -2.48. The highest BCUT2D eigenvalue weighted by atomic mass is 16.3. The number of carbonyl (C=O) groups excluding carboxylic acids is 3. The summed E-state index contributed by atoms with van der Waals surface area (Å²) in [6.45, 7) is -0.264. The number of hydrogen-bond acceptors (Lipinski definition) is 4. The maximum Gasteiger partial charge on any atom is 0.244 e. The normalized spacial score (nSPS) is 11.8. The first-order valence-electron chi connectivity index (χ1n) is 7.66. The van der Waals surface area contributed by atoms with Gasteiger partial charge in [-0.2, -0.15) is 0 Å². The van der Waals surface area contributed by atoms with Crippen molar-refractivity contribution < 1.29 is 18.8 Å². The fourth-order valence-corrected chi connectivity index (χ4v) is 2.09. The summed E-state index contributed by atoms with van der Waals surface area (Å²) in [5, 5.41) is 4.94. The molecule has 7 nitrogen and oxygen atoms in total. The fourth-order valence-electron chi connectivity index (χ4n) is 2.09. The van der Waals surface area contributed by atoms with Crippen LogP contribution in [0.3, 0.4) is 0 Å². The molecule has 1 unspecified atom stereocenters. The number of benzene rings is 1. The van der Waals surface area contributed by atoms with Gasteiger partial charge in [-0.25, -0.2) is 0 Å². The molecule has 2 rings (SSSR count). The maximum atomic E-state index is 11.9. The number of nitrogens with one attached hydrogen (secondary N) is 2. The van der Waals surface area contributed by atoms with E-state index in [1.165, 1.54) is 18.4 Å². The van der Waals surface area contributed by atoms with Crippen LogP contribution in [0.1, 0.15) is 11.3 Å². The summed E-state index contributed by atoms with van der Waals surface area (Å²) in [6.07, 6.45) is 4.51. The van der Waals surface area contributed by atoms with Crippen molar-refractivity contribution in [3.63, 3.8) is 0 Å². The van der Waals surface area contributed by atoms with E-state index in [1.54, 1.807) is 12.1 Å². The van der Waals surface area contributed by atoms with Crippen LogP contribution in [-0.4, -0.2) is 30.3 Å². The standard InChI is InChI=1S/C18H19N3O4/c19-18(24)15(11-13-5-2-1-3-6-13)21-17(23)12-20-16(22)9-8-14-7-4-10-25-14/h1-10,15H,11-12H2,(H2,19,24)(H,20,22)(H,21,23). The number of primary amides is 1. The zero-order valence-electron chi connectivity index (χ0n) is 13.5. The fraction of sp³-hybridized carbons (Fsp3) is 0.167. The largest absolute Gasteiger partial charge is 0.465 e. The molecule has 1 atom stereocenters. The molecule has 3 amide bonds. The molecule has 0 aliphatic heterocycles. The topological polar surface area (TPSA) is 114 Å². The van der Waals surface area contributed by atoms with Crippen LogP contribution >= 0.6 is 0 Å². The van der Waals surface area contributed by atoms with Crippen LogP contribution < -0.4 is 16.4 Å². The molecule has 7 heteroatoms. The van der Waals surface area contributed by atoms with Crippen molar-refractivity contribution in [3.05, 3.63) is 66.1 Å². The maximum absolute atomic E-state index is 11.9. The minimum atomic E-state index is -0.842. The zero-order valence-corrected chi connectivity index (χ0v) is 13.5. The van der Waals surface area contributed by atoms with Gasteiger partial charge < -0.3 is 20.8 Å². The number of carbonyl (C=O) groups is 3. The van der Waals surface area contributed by atoms with E-state index in [4.69, 9.17) is 10.2 Å². The molecule has 0 saturated heterocycles. The Morgan fingerprint density at radius 3 is 2.52 bits per heavy atom. The molecular weight excluding hydrogens is 322 g/mol.